The summed E-state index contributed by atoms with van der Waals surface area (Å²) in [4.78, 5) is 24.0. The SMILES string of the molecule is CCNc1cc(C)nc(N2CCC3(CC2)CC(=O)c2ccccc2O3)n1. The van der Waals surface area contributed by atoms with E-state index in [0.29, 0.717) is 12.0 Å². The summed E-state index contributed by atoms with van der Waals surface area (Å²) < 4.78 is 6.30. The highest BCUT2D eigenvalue weighted by Crippen LogP contribution is 2.39. The number of Topliss-reactive ketones (excluding diaryl/α,β-unsaturated/α-hetero) is 1. The first-order valence-corrected chi connectivity index (χ1v) is 9.24. The molecule has 0 amide bonds. The topological polar surface area (TPSA) is 67.4 Å². The molecule has 2 aromatic rings. The smallest absolute Gasteiger partial charge is 0.227 e. The zero-order chi connectivity index (χ0) is 18.1. The second kappa shape index (κ2) is 6.59. The summed E-state index contributed by atoms with van der Waals surface area (Å²) in [5, 5.41) is 3.25. The third kappa shape index (κ3) is 3.11. The van der Waals surface area contributed by atoms with Gasteiger partial charge in [0, 0.05) is 44.2 Å². The van der Waals surface area contributed by atoms with Gasteiger partial charge >= 0.3 is 0 Å². The molecule has 0 saturated carbocycles. The second-order valence-corrected chi connectivity index (χ2v) is 7.09. The number of carbonyl (C=O) groups excluding carboxylic acids is 1. The Morgan fingerprint density at radius 1 is 1.23 bits per heavy atom. The Bertz CT molecular complexity index is 828. The number of nitrogens with zero attached hydrogens (tertiary/aromatic N) is 3. The Kier molecular flexibility index (Phi) is 4.26. The first kappa shape index (κ1) is 16.8. The number of ketones is 1. The summed E-state index contributed by atoms with van der Waals surface area (Å²) in [6.45, 7) is 6.43. The molecule has 1 aromatic carbocycles. The van der Waals surface area contributed by atoms with Crippen LogP contribution in [0, 0.1) is 6.92 Å². The number of hydrogen-bond donors (Lipinski definition) is 1. The Morgan fingerprint density at radius 2 is 2.00 bits per heavy atom. The lowest BCUT2D eigenvalue weighted by Gasteiger charge is -2.44. The number of aryl methyl sites for hydroxylation is 1. The first-order valence-electron chi connectivity index (χ1n) is 9.24. The fraction of sp³-hybridized carbons (Fsp3) is 0.450. The van der Waals surface area contributed by atoms with Gasteiger partial charge in [-0.15, -0.1) is 0 Å². The van der Waals surface area contributed by atoms with E-state index in [4.69, 9.17) is 4.74 Å². The lowest BCUT2D eigenvalue weighted by Crippen LogP contribution is -2.51. The van der Waals surface area contributed by atoms with Crippen LogP contribution in [0.15, 0.2) is 30.3 Å². The zero-order valence-electron chi connectivity index (χ0n) is 15.3. The van der Waals surface area contributed by atoms with Crippen LogP contribution in [-0.2, 0) is 0 Å². The standard InChI is InChI=1S/C20H24N4O2/c1-3-21-18-12-14(2)22-19(23-18)24-10-8-20(9-11-24)13-16(25)15-6-4-5-7-17(15)26-20/h4-7,12H,3,8-11,13H2,1-2H3,(H,21,22,23). The maximum Gasteiger partial charge on any atom is 0.227 e. The van der Waals surface area contributed by atoms with Crippen LogP contribution in [0.2, 0.25) is 0 Å². The van der Waals surface area contributed by atoms with Crippen LogP contribution in [-0.4, -0.2) is 41.0 Å². The number of hydrogen-bond acceptors (Lipinski definition) is 6. The number of nitrogens with one attached hydrogen (secondary N) is 1. The minimum atomic E-state index is -0.393. The molecule has 1 spiro atoms. The molecule has 0 radical (unpaired) electrons. The van der Waals surface area contributed by atoms with Gasteiger partial charge in [0.1, 0.15) is 17.2 Å². The molecule has 1 aromatic heterocycles. The van der Waals surface area contributed by atoms with Gasteiger partial charge in [0.15, 0.2) is 5.78 Å². The van der Waals surface area contributed by atoms with Gasteiger partial charge in [-0.25, -0.2) is 4.98 Å². The third-order valence-corrected chi connectivity index (χ3v) is 5.15. The quantitative estimate of drug-likeness (QED) is 0.915. The van der Waals surface area contributed by atoms with Crippen molar-refractivity contribution < 1.29 is 9.53 Å². The molecule has 6 heteroatoms. The van der Waals surface area contributed by atoms with Gasteiger partial charge in [0.05, 0.1) is 12.0 Å². The number of piperidine rings is 1. The highest BCUT2D eigenvalue weighted by molar-refractivity contribution is 6.00. The Hall–Kier alpha value is -2.63. The van der Waals surface area contributed by atoms with E-state index in [1.54, 1.807) is 0 Å². The van der Waals surface area contributed by atoms with E-state index in [0.717, 1.165) is 55.7 Å². The second-order valence-electron chi connectivity index (χ2n) is 7.09. The van der Waals surface area contributed by atoms with E-state index in [1.807, 2.05) is 37.3 Å². The van der Waals surface area contributed by atoms with Crippen LogP contribution in [0.25, 0.3) is 0 Å². The average Bonchev–Trinajstić information content (AvgIpc) is 2.62. The van der Waals surface area contributed by atoms with E-state index in [1.165, 1.54) is 0 Å². The van der Waals surface area contributed by atoms with E-state index < -0.39 is 5.60 Å². The number of carbonyl (C=O) groups is 1. The van der Waals surface area contributed by atoms with Crippen molar-refractivity contribution in [1.29, 1.82) is 0 Å². The maximum atomic E-state index is 12.5. The Morgan fingerprint density at radius 3 is 2.77 bits per heavy atom. The van der Waals surface area contributed by atoms with Crippen molar-refractivity contribution in [2.75, 3.05) is 29.9 Å². The molecule has 26 heavy (non-hydrogen) atoms. The summed E-state index contributed by atoms with van der Waals surface area (Å²) in [5.74, 6) is 2.51. The number of ether oxygens (including phenoxy) is 1. The maximum absolute atomic E-state index is 12.5. The molecule has 1 fully saturated rings. The van der Waals surface area contributed by atoms with Crippen LogP contribution in [0.1, 0.15) is 42.2 Å². The highest BCUT2D eigenvalue weighted by Gasteiger charge is 2.43. The minimum absolute atomic E-state index is 0.182. The normalized spacial score (nSPS) is 18.4. The van der Waals surface area contributed by atoms with Crippen LogP contribution < -0.4 is 15.0 Å². The first-order chi connectivity index (χ1) is 12.6. The summed E-state index contributed by atoms with van der Waals surface area (Å²) in [6, 6.07) is 9.51. The fourth-order valence-electron chi connectivity index (χ4n) is 3.80. The van der Waals surface area contributed by atoms with Gasteiger partial charge in [0.2, 0.25) is 5.95 Å². The zero-order valence-corrected chi connectivity index (χ0v) is 15.3. The lowest BCUT2D eigenvalue weighted by molar-refractivity contribution is 0.0230. The summed E-state index contributed by atoms with van der Waals surface area (Å²) in [5.41, 5.74) is 1.26. The summed E-state index contributed by atoms with van der Waals surface area (Å²) >= 11 is 0. The predicted molar refractivity (Wildman–Crippen MR) is 101 cm³/mol. The molecule has 1 saturated heterocycles. The number of fused-ring (bicyclic) bond motifs is 1. The van der Waals surface area contributed by atoms with E-state index in [2.05, 4.69) is 27.1 Å². The molecule has 1 N–H and O–H groups in total. The van der Waals surface area contributed by atoms with E-state index >= 15 is 0 Å². The number of rotatable bonds is 3. The molecule has 4 rings (SSSR count). The van der Waals surface area contributed by atoms with Gasteiger partial charge in [-0.2, -0.15) is 4.98 Å². The molecule has 6 nitrogen and oxygen atoms in total. The number of para-hydroxylation sites is 1. The largest absolute Gasteiger partial charge is 0.486 e. The van der Waals surface area contributed by atoms with Crippen molar-refractivity contribution >= 4 is 17.5 Å². The molecule has 3 heterocycles. The number of aromatic nitrogens is 2. The predicted octanol–water partition coefficient (Wildman–Crippen LogP) is 3.22. The molecule has 0 aliphatic carbocycles. The van der Waals surface area contributed by atoms with Crippen LogP contribution in [0.4, 0.5) is 11.8 Å². The van der Waals surface area contributed by atoms with Crippen LogP contribution in [0.5, 0.6) is 5.75 Å². The molecule has 2 aliphatic heterocycles. The molecular weight excluding hydrogens is 328 g/mol. The molecular formula is C20H24N4O2. The minimum Gasteiger partial charge on any atom is -0.486 e. The molecule has 136 valence electrons. The number of benzene rings is 1. The summed E-state index contributed by atoms with van der Waals surface area (Å²) in [6.07, 6.45) is 2.04. The average molecular weight is 352 g/mol. The van der Waals surface area contributed by atoms with E-state index in [9.17, 15) is 4.79 Å². The molecule has 0 bridgehead atoms. The third-order valence-electron chi connectivity index (χ3n) is 5.15. The van der Waals surface area contributed by atoms with Gasteiger partial charge in [-0.05, 0) is 26.0 Å². The highest BCUT2D eigenvalue weighted by atomic mass is 16.5. The lowest BCUT2D eigenvalue weighted by atomic mass is 9.82. The molecule has 0 atom stereocenters. The number of anilines is 2. The van der Waals surface area contributed by atoms with Gasteiger partial charge in [0.25, 0.3) is 0 Å². The van der Waals surface area contributed by atoms with Crippen molar-refractivity contribution in [3.8, 4) is 5.75 Å². The van der Waals surface area contributed by atoms with Crippen LogP contribution in [0.3, 0.4) is 0 Å². The summed E-state index contributed by atoms with van der Waals surface area (Å²) in [7, 11) is 0. The fourth-order valence-corrected chi connectivity index (χ4v) is 3.80. The van der Waals surface area contributed by atoms with Crippen molar-refractivity contribution in [3.05, 3.63) is 41.6 Å². The van der Waals surface area contributed by atoms with Crippen LogP contribution >= 0.6 is 0 Å². The van der Waals surface area contributed by atoms with Crippen molar-refractivity contribution in [2.45, 2.75) is 38.7 Å². The van der Waals surface area contributed by atoms with Crippen molar-refractivity contribution in [3.63, 3.8) is 0 Å². The Balaban J connectivity index is 1.51. The van der Waals surface area contributed by atoms with Gasteiger partial charge in [-0.1, -0.05) is 12.1 Å². The molecule has 2 aliphatic rings. The van der Waals surface area contributed by atoms with Crippen molar-refractivity contribution in [1.82, 2.24) is 9.97 Å². The monoisotopic (exact) mass is 352 g/mol. The molecule has 0 unspecified atom stereocenters. The van der Waals surface area contributed by atoms with Gasteiger partial charge < -0.3 is 15.0 Å². The Labute approximate surface area is 153 Å². The van der Waals surface area contributed by atoms with Crippen molar-refractivity contribution in [2.24, 2.45) is 0 Å². The van der Waals surface area contributed by atoms with E-state index in [-0.39, 0.29) is 5.78 Å². The van der Waals surface area contributed by atoms with Gasteiger partial charge in [-0.3, -0.25) is 4.79 Å².